The number of hydrogen-bond donors (Lipinski definition) is 0. The fraction of sp³-hybridized carbons (Fsp3) is 0.867. The first-order valence-corrected chi connectivity index (χ1v) is 7.14. The van der Waals surface area contributed by atoms with Gasteiger partial charge in [-0.15, -0.1) is 0 Å². The molecule has 0 heterocycles. The molecule has 2 aliphatic carbocycles. The van der Waals surface area contributed by atoms with Gasteiger partial charge in [0.2, 0.25) is 0 Å². The second kappa shape index (κ2) is 6.06. The lowest BCUT2D eigenvalue weighted by Gasteiger charge is -2.34. The Morgan fingerprint density at radius 2 is 1.12 bits per heavy atom. The predicted molar refractivity (Wildman–Crippen MR) is 66.7 cm³/mol. The van der Waals surface area contributed by atoms with Gasteiger partial charge in [-0.3, -0.25) is 0 Å². The summed E-state index contributed by atoms with van der Waals surface area (Å²) >= 11 is 0. The average molecular weight is 230 g/mol. The van der Waals surface area contributed by atoms with Gasteiger partial charge in [0.15, 0.2) is 0 Å². The molecule has 2 fully saturated rings. The summed E-state index contributed by atoms with van der Waals surface area (Å²) in [6.45, 7) is 0. The molecule has 17 heavy (non-hydrogen) atoms. The number of rotatable bonds is 2. The predicted octanol–water partition coefficient (Wildman–Crippen LogP) is 4.04. The second-order valence-electron chi connectivity index (χ2n) is 5.80. The van der Waals surface area contributed by atoms with Gasteiger partial charge in [0.05, 0.1) is 12.1 Å². The topological polar surface area (TPSA) is 47.6 Å². The van der Waals surface area contributed by atoms with Crippen molar-refractivity contribution in [3.63, 3.8) is 0 Å². The molecule has 0 spiro atoms. The minimum absolute atomic E-state index is 0.269. The molecule has 0 aromatic heterocycles. The van der Waals surface area contributed by atoms with Gasteiger partial charge in [-0.05, 0) is 43.9 Å². The van der Waals surface area contributed by atoms with Crippen molar-refractivity contribution < 1.29 is 0 Å². The summed E-state index contributed by atoms with van der Waals surface area (Å²) in [4.78, 5) is 0. The lowest BCUT2D eigenvalue weighted by molar-refractivity contribution is 0.183. The van der Waals surface area contributed by atoms with Crippen molar-refractivity contribution in [1.82, 2.24) is 0 Å². The van der Waals surface area contributed by atoms with Crippen LogP contribution in [0.5, 0.6) is 0 Å². The van der Waals surface area contributed by atoms with Gasteiger partial charge in [-0.2, -0.15) is 10.5 Å². The number of hydrogen-bond acceptors (Lipinski definition) is 2. The molecule has 2 aliphatic rings. The molecule has 4 atom stereocenters. The van der Waals surface area contributed by atoms with Crippen LogP contribution in [-0.2, 0) is 0 Å². The maximum absolute atomic E-state index is 9.20. The molecule has 0 aliphatic heterocycles. The van der Waals surface area contributed by atoms with Crippen molar-refractivity contribution in [3.8, 4) is 12.1 Å². The highest BCUT2D eigenvalue weighted by Crippen LogP contribution is 2.40. The Hall–Kier alpha value is -1.02. The first-order chi connectivity index (χ1) is 8.35. The summed E-state index contributed by atoms with van der Waals surface area (Å²) in [5.74, 6) is 1.69. The summed E-state index contributed by atoms with van der Waals surface area (Å²) in [6, 6.07) is 4.99. The SMILES string of the molecule is N#CC1CCCCC1CC1CCCCC1C#N. The molecule has 0 N–H and O–H groups in total. The van der Waals surface area contributed by atoms with Crippen molar-refractivity contribution in [2.75, 3.05) is 0 Å². The van der Waals surface area contributed by atoms with E-state index in [1.54, 1.807) is 0 Å². The van der Waals surface area contributed by atoms with Crippen LogP contribution in [0.1, 0.15) is 57.8 Å². The van der Waals surface area contributed by atoms with Gasteiger partial charge in [-0.1, -0.05) is 25.7 Å². The first-order valence-electron chi connectivity index (χ1n) is 7.14. The van der Waals surface area contributed by atoms with E-state index in [1.165, 1.54) is 38.5 Å². The van der Waals surface area contributed by atoms with Gasteiger partial charge in [0, 0.05) is 11.8 Å². The van der Waals surface area contributed by atoms with Crippen LogP contribution in [0.25, 0.3) is 0 Å². The fourth-order valence-electron chi connectivity index (χ4n) is 3.71. The fourth-order valence-corrected chi connectivity index (χ4v) is 3.71. The highest BCUT2D eigenvalue weighted by Gasteiger charge is 2.32. The van der Waals surface area contributed by atoms with Crippen molar-refractivity contribution >= 4 is 0 Å². The Balaban J connectivity index is 1.94. The maximum Gasteiger partial charge on any atom is 0.0658 e. The Morgan fingerprint density at radius 3 is 1.53 bits per heavy atom. The summed E-state index contributed by atoms with van der Waals surface area (Å²) in [7, 11) is 0. The van der Waals surface area contributed by atoms with E-state index in [2.05, 4.69) is 12.1 Å². The molecule has 2 rings (SSSR count). The molecule has 0 aromatic rings. The smallest absolute Gasteiger partial charge is 0.0658 e. The second-order valence-corrected chi connectivity index (χ2v) is 5.80. The molecule has 0 aromatic carbocycles. The lowest BCUT2D eigenvalue weighted by atomic mass is 9.70. The van der Waals surface area contributed by atoms with Gasteiger partial charge >= 0.3 is 0 Å². The number of nitriles is 2. The molecule has 2 heteroatoms. The third-order valence-electron chi connectivity index (χ3n) is 4.76. The summed E-state index contributed by atoms with van der Waals surface area (Å²) in [5.41, 5.74) is 0. The largest absolute Gasteiger partial charge is 0.198 e. The molecular weight excluding hydrogens is 208 g/mol. The summed E-state index contributed by atoms with van der Waals surface area (Å²) < 4.78 is 0. The zero-order valence-corrected chi connectivity index (χ0v) is 10.6. The third-order valence-corrected chi connectivity index (χ3v) is 4.76. The van der Waals surface area contributed by atoms with Gasteiger partial charge < -0.3 is 0 Å². The van der Waals surface area contributed by atoms with Crippen molar-refractivity contribution in [1.29, 1.82) is 10.5 Å². The first kappa shape index (κ1) is 12.4. The Morgan fingerprint density at radius 1 is 0.706 bits per heavy atom. The summed E-state index contributed by atoms with van der Waals surface area (Å²) in [6.07, 6.45) is 10.8. The Labute approximate surface area is 105 Å². The summed E-state index contributed by atoms with van der Waals surface area (Å²) in [5, 5.41) is 18.4. The van der Waals surface area contributed by atoms with E-state index in [0.29, 0.717) is 11.8 Å². The van der Waals surface area contributed by atoms with Crippen LogP contribution in [0.3, 0.4) is 0 Å². The van der Waals surface area contributed by atoms with Crippen molar-refractivity contribution in [2.24, 2.45) is 23.7 Å². The van der Waals surface area contributed by atoms with Crippen LogP contribution in [0.2, 0.25) is 0 Å². The van der Waals surface area contributed by atoms with E-state index in [4.69, 9.17) is 0 Å². The van der Waals surface area contributed by atoms with E-state index in [0.717, 1.165) is 19.3 Å². The molecule has 0 radical (unpaired) electrons. The maximum atomic E-state index is 9.20. The Bertz CT molecular complexity index is 291. The highest BCUT2D eigenvalue weighted by atomic mass is 14.4. The van der Waals surface area contributed by atoms with Gasteiger partial charge in [0.25, 0.3) is 0 Å². The van der Waals surface area contributed by atoms with Gasteiger partial charge in [-0.25, -0.2) is 0 Å². The number of nitrogens with zero attached hydrogens (tertiary/aromatic N) is 2. The molecule has 92 valence electrons. The highest BCUT2D eigenvalue weighted by molar-refractivity contribution is 4.96. The normalized spacial score (nSPS) is 38.0. The quantitative estimate of drug-likeness (QED) is 0.718. The van der Waals surface area contributed by atoms with Crippen molar-refractivity contribution in [3.05, 3.63) is 0 Å². The van der Waals surface area contributed by atoms with E-state index in [1.807, 2.05) is 0 Å². The molecule has 0 bridgehead atoms. The van der Waals surface area contributed by atoms with Crippen molar-refractivity contribution in [2.45, 2.75) is 57.8 Å². The molecule has 2 saturated carbocycles. The van der Waals surface area contributed by atoms with E-state index >= 15 is 0 Å². The van der Waals surface area contributed by atoms with Crippen LogP contribution >= 0.6 is 0 Å². The van der Waals surface area contributed by atoms with Crippen LogP contribution in [0, 0.1) is 46.3 Å². The third kappa shape index (κ3) is 3.01. The van der Waals surface area contributed by atoms with Crippen LogP contribution in [0.15, 0.2) is 0 Å². The van der Waals surface area contributed by atoms with E-state index < -0.39 is 0 Å². The van der Waals surface area contributed by atoms with Crippen LogP contribution < -0.4 is 0 Å². The van der Waals surface area contributed by atoms with Gasteiger partial charge in [0.1, 0.15) is 0 Å². The molecular formula is C15H22N2. The molecule has 2 nitrogen and oxygen atoms in total. The molecule has 0 saturated heterocycles. The minimum atomic E-state index is 0.269. The van der Waals surface area contributed by atoms with Crippen LogP contribution in [-0.4, -0.2) is 0 Å². The van der Waals surface area contributed by atoms with Crippen LogP contribution in [0.4, 0.5) is 0 Å². The lowest BCUT2D eigenvalue weighted by Crippen LogP contribution is -2.26. The molecule has 4 unspecified atom stereocenters. The monoisotopic (exact) mass is 230 g/mol. The standard InChI is InChI=1S/C15H22N2/c16-10-14-7-3-1-5-12(14)9-13-6-2-4-8-15(13)11-17/h12-15H,1-9H2. The Kier molecular flexibility index (Phi) is 4.43. The van der Waals surface area contributed by atoms with E-state index in [9.17, 15) is 10.5 Å². The zero-order valence-electron chi connectivity index (χ0n) is 10.6. The molecule has 0 amide bonds. The minimum Gasteiger partial charge on any atom is -0.198 e. The average Bonchev–Trinajstić information content (AvgIpc) is 2.40. The van der Waals surface area contributed by atoms with E-state index in [-0.39, 0.29) is 11.8 Å². The zero-order chi connectivity index (χ0) is 12.1.